The first-order valence-corrected chi connectivity index (χ1v) is 15.9. The van der Waals surface area contributed by atoms with Gasteiger partial charge in [0, 0.05) is 57.4 Å². The quantitative estimate of drug-likeness (QED) is 0.435. The molecule has 1 saturated carbocycles. The van der Waals surface area contributed by atoms with Crippen LogP contribution in [0.25, 0.3) is 0 Å². The Morgan fingerprint density at radius 2 is 1.79 bits per heavy atom. The van der Waals surface area contributed by atoms with Crippen LogP contribution in [0.1, 0.15) is 62.1 Å². The summed E-state index contributed by atoms with van der Waals surface area (Å²) < 4.78 is 10.8. The lowest BCUT2D eigenvalue weighted by Gasteiger charge is -2.46. The molecule has 0 radical (unpaired) electrons. The molecule has 4 heterocycles. The van der Waals surface area contributed by atoms with Gasteiger partial charge in [-0.25, -0.2) is 0 Å². The molecule has 4 aliphatic heterocycles. The van der Waals surface area contributed by atoms with Crippen molar-refractivity contribution in [1.29, 1.82) is 0 Å². The van der Waals surface area contributed by atoms with Crippen molar-refractivity contribution in [2.45, 2.75) is 75.8 Å². The predicted molar refractivity (Wildman–Crippen MR) is 160 cm³/mol. The maximum absolute atomic E-state index is 13.9. The topological polar surface area (TPSA) is 74.1 Å². The van der Waals surface area contributed by atoms with Gasteiger partial charge in [-0.15, -0.1) is 0 Å². The molecule has 8 heteroatoms. The van der Waals surface area contributed by atoms with Gasteiger partial charge in [-0.3, -0.25) is 19.4 Å². The summed E-state index contributed by atoms with van der Waals surface area (Å²) in [6, 6.07) is 19.9. The van der Waals surface area contributed by atoms with Crippen molar-refractivity contribution in [3.05, 3.63) is 65.7 Å². The molecule has 1 spiro atoms. The van der Waals surface area contributed by atoms with E-state index in [1.807, 2.05) is 18.2 Å². The second-order valence-corrected chi connectivity index (χ2v) is 13.0. The Morgan fingerprint density at radius 3 is 2.48 bits per heavy atom. The van der Waals surface area contributed by atoms with Gasteiger partial charge in [0.1, 0.15) is 5.75 Å². The number of nitrogens with one attached hydrogen (secondary N) is 1. The molecule has 42 heavy (non-hydrogen) atoms. The van der Waals surface area contributed by atoms with Crippen LogP contribution in [-0.4, -0.2) is 84.7 Å². The average molecular weight is 573 g/mol. The van der Waals surface area contributed by atoms with Gasteiger partial charge in [-0.05, 0) is 68.2 Å². The molecular formula is C34H44N4O4. The minimum Gasteiger partial charge on any atom is -0.497 e. The van der Waals surface area contributed by atoms with Crippen LogP contribution < -0.4 is 10.1 Å². The second kappa shape index (κ2) is 11.6. The standard InChI is InChI=1S/C34H44N4O4/c1-41-27-9-7-24(8-10-27)23-37-18-15-34(33(37)40)14-17-36(31(22-34)38-29-21-30(29)38)16-11-28(25-5-3-2-4-6-25)35-32(39)26-12-19-42-20-13-26/h2-10,26,28-31H,11-23H2,1H3,(H,35,39). The Labute approximate surface area is 249 Å². The SMILES string of the molecule is COc1ccc(CN2CCC3(CCN(CCC(NC(=O)C4CCOCC4)c4ccccc4)C(N4C5CC54)C3)C2=O)cc1. The lowest BCUT2D eigenvalue weighted by atomic mass is 9.75. The van der Waals surface area contributed by atoms with Crippen LogP contribution in [-0.2, 0) is 20.9 Å². The average Bonchev–Trinajstić information content (AvgIpc) is 3.94. The number of piperidine rings is 1. The van der Waals surface area contributed by atoms with Crippen molar-refractivity contribution in [3.63, 3.8) is 0 Å². The predicted octanol–water partition coefficient (Wildman–Crippen LogP) is 3.97. The first-order valence-electron chi connectivity index (χ1n) is 15.9. The van der Waals surface area contributed by atoms with Crippen molar-refractivity contribution in [1.82, 2.24) is 20.0 Å². The van der Waals surface area contributed by atoms with Crippen LogP contribution in [0.15, 0.2) is 54.6 Å². The van der Waals surface area contributed by atoms with Crippen molar-refractivity contribution in [3.8, 4) is 5.75 Å². The van der Waals surface area contributed by atoms with Gasteiger partial charge in [-0.1, -0.05) is 42.5 Å². The summed E-state index contributed by atoms with van der Waals surface area (Å²) in [6.45, 7) is 4.67. The number of ether oxygens (including phenoxy) is 2. The number of fused-ring (bicyclic) bond motifs is 1. The van der Waals surface area contributed by atoms with E-state index in [0.29, 0.717) is 31.8 Å². The molecule has 4 saturated heterocycles. The zero-order valence-electron chi connectivity index (χ0n) is 24.7. The number of carbonyl (C=O) groups excluding carboxylic acids is 2. The summed E-state index contributed by atoms with van der Waals surface area (Å²) in [6.07, 6.45) is 6.86. The van der Waals surface area contributed by atoms with E-state index in [2.05, 4.69) is 56.4 Å². The molecule has 0 bridgehead atoms. The molecule has 5 fully saturated rings. The number of likely N-dealkylation sites (tertiary alicyclic amines) is 3. The highest BCUT2D eigenvalue weighted by Gasteiger charge is 2.67. The highest BCUT2D eigenvalue weighted by molar-refractivity contribution is 5.85. The molecule has 224 valence electrons. The summed E-state index contributed by atoms with van der Waals surface area (Å²) >= 11 is 0. The van der Waals surface area contributed by atoms with Gasteiger partial charge in [0.25, 0.3) is 0 Å². The van der Waals surface area contributed by atoms with E-state index >= 15 is 0 Å². The van der Waals surface area contributed by atoms with E-state index < -0.39 is 0 Å². The van der Waals surface area contributed by atoms with Gasteiger partial charge < -0.3 is 19.7 Å². The Hall–Kier alpha value is -2.94. The van der Waals surface area contributed by atoms with E-state index in [1.165, 1.54) is 6.42 Å². The number of methoxy groups -OCH3 is 1. The van der Waals surface area contributed by atoms with Crippen LogP contribution in [0.2, 0.25) is 0 Å². The third kappa shape index (κ3) is 5.56. The van der Waals surface area contributed by atoms with E-state index in [1.54, 1.807) is 7.11 Å². The zero-order chi connectivity index (χ0) is 28.7. The van der Waals surface area contributed by atoms with Gasteiger partial charge in [0.2, 0.25) is 11.8 Å². The smallest absolute Gasteiger partial charge is 0.229 e. The third-order valence-electron chi connectivity index (χ3n) is 10.6. The first-order chi connectivity index (χ1) is 20.5. The number of hydrogen-bond donors (Lipinski definition) is 1. The van der Waals surface area contributed by atoms with E-state index in [0.717, 1.165) is 87.1 Å². The van der Waals surface area contributed by atoms with Gasteiger partial charge in [0.15, 0.2) is 0 Å². The van der Waals surface area contributed by atoms with Crippen molar-refractivity contribution in [2.24, 2.45) is 11.3 Å². The summed E-state index contributed by atoms with van der Waals surface area (Å²) in [7, 11) is 1.68. The number of carbonyl (C=O) groups is 2. The maximum atomic E-state index is 13.9. The molecule has 2 aromatic carbocycles. The minimum absolute atomic E-state index is 0.0186. The number of benzene rings is 2. The molecule has 1 N–H and O–H groups in total. The van der Waals surface area contributed by atoms with E-state index in [9.17, 15) is 9.59 Å². The van der Waals surface area contributed by atoms with Crippen LogP contribution in [0.3, 0.4) is 0 Å². The minimum atomic E-state index is -0.251. The fourth-order valence-corrected chi connectivity index (χ4v) is 7.68. The number of hydrogen-bond acceptors (Lipinski definition) is 6. The largest absolute Gasteiger partial charge is 0.497 e. The fraction of sp³-hybridized carbons (Fsp3) is 0.588. The molecule has 5 aliphatic rings. The highest BCUT2D eigenvalue weighted by atomic mass is 16.5. The first kappa shape index (κ1) is 27.9. The van der Waals surface area contributed by atoms with E-state index in [-0.39, 0.29) is 23.3 Å². The molecule has 7 rings (SSSR count). The normalized spacial score (nSPS) is 31.5. The Balaban J connectivity index is 1.02. The lowest BCUT2D eigenvalue weighted by molar-refractivity contribution is -0.142. The fourth-order valence-electron chi connectivity index (χ4n) is 7.68. The summed E-state index contributed by atoms with van der Waals surface area (Å²) in [4.78, 5) is 34.5. The number of amides is 2. The summed E-state index contributed by atoms with van der Waals surface area (Å²) in [5, 5.41) is 3.41. The van der Waals surface area contributed by atoms with Crippen LogP contribution in [0.4, 0.5) is 0 Å². The van der Waals surface area contributed by atoms with Gasteiger partial charge in [-0.2, -0.15) is 0 Å². The molecule has 8 nitrogen and oxygen atoms in total. The van der Waals surface area contributed by atoms with Crippen molar-refractivity contribution in [2.75, 3.05) is 40.0 Å². The van der Waals surface area contributed by atoms with Gasteiger partial charge >= 0.3 is 0 Å². The molecule has 5 unspecified atom stereocenters. The third-order valence-corrected chi connectivity index (χ3v) is 10.6. The lowest BCUT2D eigenvalue weighted by Crippen LogP contribution is -2.55. The van der Waals surface area contributed by atoms with Crippen LogP contribution in [0, 0.1) is 11.3 Å². The maximum Gasteiger partial charge on any atom is 0.229 e. The molecular weight excluding hydrogens is 528 g/mol. The molecule has 5 atom stereocenters. The number of rotatable bonds is 10. The van der Waals surface area contributed by atoms with Crippen LogP contribution >= 0.6 is 0 Å². The van der Waals surface area contributed by atoms with Crippen molar-refractivity contribution < 1.29 is 19.1 Å². The monoisotopic (exact) mass is 572 g/mol. The van der Waals surface area contributed by atoms with Gasteiger partial charge in [0.05, 0.1) is 24.7 Å². The summed E-state index contributed by atoms with van der Waals surface area (Å²) in [5.74, 6) is 1.37. The highest BCUT2D eigenvalue weighted by Crippen LogP contribution is 2.56. The summed E-state index contributed by atoms with van der Waals surface area (Å²) in [5.41, 5.74) is 2.06. The van der Waals surface area contributed by atoms with Crippen molar-refractivity contribution >= 4 is 11.8 Å². The second-order valence-electron chi connectivity index (χ2n) is 13.0. The van der Waals surface area contributed by atoms with Crippen LogP contribution in [0.5, 0.6) is 5.75 Å². The molecule has 2 amide bonds. The Kier molecular flexibility index (Phi) is 7.71. The van der Waals surface area contributed by atoms with E-state index in [4.69, 9.17) is 9.47 Å². The number of nitrogens with zero attached hydrogens (tertiary/aromatic N) is 3. The Bertz CT molecular complexity index is 1260. The molecule has 2 aromatic rings. The molecule has 0 aromatic heterocycles. The molecule has 1 aliphatic carbocycles. The zero-order valence-corrected chi connectivity index (χ0v) is 24.7. The Morgan fingerprint density at radius 1 is 1.05 bits per heavy atom.